The quantitative estimate of drug-likeness (QED) is 0.402. The van der Waals surface area contributed by atoms with Crippen LogP contribution in [0.1, 0.15) is 24.1 Å². The fraction of sp³-hybridized carbons (Fsp3) is 0.190. The molecule has 0 fully saturated rings. The molecule has 4 rings (SSSR count). The van der Waals surface area contributed by atoms with Crippen molar-refractivity contribution in [3.8, 4) is 0 Å². The summed E-state index contributed by atoms with van der Waals surface area (Å²) < 4.78 is 43.5. The summed E-state index contributed by atoms with van der Waals surface area (Å²) in [7, 11) is 0. The van der Waals surface area contributed by atoms with Crippen LogP contribution in [0.2, 0.25) is 0 Å². The van der Waals surface area contributed by atoms with Crippen LogP contribution in [-0.4, -0.2) is 19.9 Å². The van der Waals surface area contributed by atoms with Gasteiger partial charge >= 0.3 is 0 Å². The Labute approximate surface area is 169 Å². The molecule has 0 aliphatic rings. The van der Waals surface area contributed by atoms with E-state index < -0.39 is 29.0 Å². The number of rotatable bonds is 5. The summed E-state index contributed by atoms with van der Waals surface area (Å²) in [4.78, 5) is 3.82. The highest BCUT2D eigenvalue weighted by Gasteiger charge is 2.43. The van der Waals surface area contributed by atoms with Crippen molar-refractivity contribution in [3.05, 3.63) is 95.1 Å². The van der Waals surface area contributed by atoms with Gasteiger partial charge in [-0.25, -0.2) is 22.8 Å². The molecular formula is C21H17F3N4O2. The van der Waals surface area contributed by atoms with Crippen LogP contribution in [0.4, 0.5) is 13.2 Å². The Hall–Kier alpha value is -3.46. The summed E-state index contributed by atoms with van der Waals surface area (Å²) in [6.45, 7) is 1.32. The molecule has 2 atom stereocenters. The van der Waals surface area contributed by atoms with Crippen LogP contribution in [-0.2, 0) is 12.1 Å². The zero-order valence-electron chi connectivity index (χ0n) is 15.8. The minimum atomic E-state index is -1.97. The van der Waals surface area contributed by atoms with E-state index in [-0.39, 0.29) is 23.3 Å². The topological polar surface area (TPSA) is 77.9 Å². The van der Waals surface area contributed by atoms with Gasteiger partial charge in [0.1, 0.15) is 35.7 Å². The molecule has 0 bridgehead atoms. The molecule has 6 nitrogen and oxygen atoms in total. The Morgan fingerprint density at radius 2 is 1.83 bits per heavy atom. The second-order valence-corrected chi connectivity index (χ2v) is 7.12. The van der Waals surface area contributed by atoms with Gasteiger partial charge in [-0.15, -0.1) is 0 Å². The molecule has 2 aromatic heterocycles. The Balaban J connectivity index is 1.87. The van der Waals surface area contributed by atoms with Crippen LogP contribution < -0.4 is 4.73 Å². The van der Waals surface area contributed by atoms with E-state index in [1.54, 1.807) is 13.0 Å². The zero-order chi connectivity index (χ0) is 21.5. The van der Waals surface area contributed by atoms with E-state index in [9.17, 15) is 23.5 Å². The minimum Gasteiger partial charge on any atom is -0.618 e. The SMILES string of the molecule is CC(c1ccc2cc(F)ccc2[n+]1[O-])C(O)(Cn1cncn1)c1ccc(F)cc1F. The third-order valence-corrected chi connectivity index (χ3v) is 5.30. The number of aliphatic hydroxyl groups is 1. The van der Waals surface area contributed by atoms with Crippen molar-refractivity contribution >= 4 is 10.9 Å². The van der Waals surface area contributed by atoms with Crippen LogP contribution in [0, 0.1) is 22.7 Å². The fourth-order valence-electron chi connectivity index (χ4n) is 3.65. The summed E-state index contributed by atoms with van der Waals surface area (Å²) in [5, 5.41) is 29.0. The smallest absolute Gasteiger partial charge is 0.224 e. The van der Waals surface area contributed by atoms with Crippen LogP contribution >= 0.6 is 0 Å². The highest BCUT2D eigenvalue weighted by molar-refractivity contribution is 5.75. The van der Waals surface area contributed by atoms with Gasteiger partial charge in [0.05, 0.1) is 17.8 Å². The molecule has 1 N–H and O–H groups in total. The number of pyridine rings is 1. The molecule has 30 heavy (non-hydrogen) atoms. The zero-order valence-corrected chi connectivity index (χ0v) is 15.8. The Bertz CT molecular complexity index is 1220. The van der Waals surface area contributed by atoms with E-state index >= 15 is 0 Å². The molecule has 0 radical (unpaired) electrons. The van der Waals surface area contributed by atoms with Crippen molar-refractivity contribution in [2.24, 2.45) is 0 Å². The normalized spacial score (nSPS) is 14.6. The number of nitrogens with zero attached hydrogens (tertiary/aromatic N) is 4. The lowest BCUT2D eigenvalue weighted by atomic mass is 9.79. The van der Waals surface area contributed by atoms with E-state index in [0.717, 1.165) is 18.2 Å². The van der Waals surface area contributed by atoms with Crippen LogP contribution in [0.25, 0.3) is 10.9 Å². The van der Waals surface area contributed by atoms with Crippen molar-refractivity contribution in [1.29, 1.82) is 0 Å². The van der Waals surface area contributed by atoms with Crippen LogP contribution in [0.15, 0.2) is 61.2 Å². The molecule has 0 saturated heterocycles. The largest absolute Gasteiger partial charge is 0.618 e. The predicted octanol–water partition coefficient (Wildman–Crippen LogP) is 3.17. The van der Waals surface area contributed by atoms with Gasteiger partial charge in [-0.3, -0.25) is 0 Å². The number of hydrogen-bond acceptors (Lipinski definition) is 4. The average Bonchev–Trinajstić information content (AvgIpc) is 3.20. The van der Waals surface area contributed by atoms with Crippen molar-refractivity contribution in [2.45, 2.75) is 25.0 Å². The van der Waals surface area contributed by atoms with Gasteiger partial charge in [0.15, 0.2) is 5.69 Å². The maximum atomic E-state index is 14.7. The minimum absolute atomic E-state index is 0.125. The van der Waals surface area contributed by atoms with Gasteiger partial charge in [-0.1, -0.05) is 6.07 Å². The molecule has 154 valence electrons. The summed E-state index contributed by atoms with van der Waals surface area (Å²) in [6, 6.07) is 9.57. The molecule has 2 heterocycles. The fourth-order valence-corrected chi connectivity index (χ4v) is 3.65. The first-order chi connectivity index (χ1) is 14.3. The summed E-state index contributed by atoms with van der Waals surface area (Å²) in [5.74, 6) is -3.18. The number of fused-ring (bicyclic) bond motifs is 1. The molecule has 2 unspecified atom stereocenters. The molecule has 4 aromatic rings. The highest BCUT2D eigenvalue weighted by atomic mass is 19.1. The van der Waals surface area contributed by atoms with Gasteiger partial charge in [0, 0.05) is 23.8 Å². The molecule has 0 aliphatic carbocycles. The van der Waals surface area contributed by atoms with Gasteiger partial charge in [0.2, 0.25) is 5.52 Å². The monoisotopic (exact) mass is 414 g/mol. The van der Waals surface area contributed by atoms with E-state index in [1.165, 1.54) is 35.5 Å². The first-order valence-electron chi connectivity index (χ1n) is 9.11. The summed E-state index contributed by atoms with van der Waals surface area (Å²) >= 11 is 0. The molecule has 2 aromatic carbocycles. The van der Waals surface area contributed by atoms with Gasteiger partial charge < -0.3 is 10.3 Å². The molecule has 9 heteroatoms. The van der Waals surface area contributed by atoms with Crippen molar-refractivity contribution in [2.75, 3.05) is 0 Å². The lowest BCUT2D eigenvalue weighted by Gasteiger charge is -2.33. The van der Waals surface area contributed by atoms with Gasteiger partial charge in [-0.2, -0.15) is 9.83 Å². The molecule has 0 amide bonds. The third-order valence-electron chi connectivity index (χ3n) is 5.30. The lowest BCUT2D eigenvalue weighted by molar-refractivity contribution is -0.589. The van der Waals surface area contributed by atoms with Gasteiger partial charge in [-0.05, 0) is 31.2 Å². The predicted molar refractivity (Wildman–Crippen MR) is 102 cm³/mol. The number of hydrogen-bond donors (Lipinski definition) is 1. The first kappa shape index (κ1) is 19.8. The summed E-state index contributed by atoms with van der Waals surface area (Å²) in [5.41, 5.74) is -1.83. The second kappa shape index (κ2) is 7.42. The van der Waals surface area contributed by atoms with Crippen molar-refractivity contribution < 1.29 is 23.0 Å². The Morgan fingerprint density at radius 1 is 1.10 bits per heavy atom. The number of benzene rings is 2. The van der Waals surface area contributed by atoms with Crippen LogP contribution in [0.3, 0.4) is 0 Å². The average molecular weight is 414 g/mol. The maximum absolute atomic E-state index is 14.7. The number of aromatic nitrogens is 4. The van der Waals surface area contributed by atoms with E-state index in [2.05, 4.69) is 10.1 Å². The number of halogens is 3. The van der Waals surface area contributed by atoms with Crippen molar-refractivity contribution in [3.63, 3.8) is 0 Å². The van der Waals surface area contributed by atoms with Crippen LogP contribution in [0.5, 0.6) is 0 Å². The molecule has 0 spiro atoms. The molecule has 0 aliphatic heterocycles. The van der Waals surface area contributed by atoms with E-state index in [1.807, 2.05) is 0 Å². The van der Waals surface area contributed by atoms with E-state index in [4.69, 9.17) is 0 Å². The molecular weight excluding hydrogens is 397 g/mol. The second-order valence-electron chi connectivity index (χ2n) is 7.12. The lowest BCUT2D eigenvalue weighted by Crippen LogP contribution is -2.44. The Morgan fingerprint density at radius 3 is 2.53 bits per heavy atom. The first-order valence-corrected chi connectivity index (χ1v) is 9.11. The third kappa shape index (κ3) is 3.37. The van der Waals surface area contributed by atoms with Gasteiger partial charge in [0.25, 0.3) is 0 Å². The highest BCUT2D eigenvalue weighted by Crippen LogP contribution is 2.39. The van der Waals surface area contributed by atoms with Crippen molar-refractivity contribution in [1.82, 2.24) is 14.8 Å². The maximum Gasteiger partial charge on any atom is 0.224 e. The molecule has 0 saturated carbocycles. The Kier molecular flexibility index (Phi) is 4.90. The summed E-state index contributed by atoms with van der Waals surface area (Å²) in [6.07, 6.45) is 2.60. The van der Waals surface area contributed by atoms with E-state index in [0.29, 0.717) is 16.2 Å². The standard InChI is InChI=1S/C21H17F3N4O2/c1-13(19-6-2-14-8-15(22)4-7-20(14)28(19)30)21(29,10-27-12-25-11-26-27)17-5-3-16(23)9-18(17)24/h2-9,11-13,29H,10H2,1H3.